The van der Waals surface area contributed by atoms with Gasteiger partial charge in [0.05, 0.1) is 0 Å². The van der Waals surface area contributed by atoms with Crippen molar-refractivity contribution >= 4 is 17.5 Å². The summed E-state index contributed by atoms with van der Waals surface area (Å²) in [6.07, 6.45) is 3.47. The van der Waals surface area contributed by atoms with Gasteiger partial charge >= 0.3 is 0 Å². The first kappa shape index (κ1) is 15.0. The van der Waals surface area contributed by atoms with Crippen LogP contribution in [0.3, 0.4) is 0 Å². The lowest BCUT2D eigenvalue weighted by Gasteiger charge is -2.13. The van der Waals surface area contributed by atoms with E-state index in [1.165, 1.54) is 6.07 Å². The summed E-state index contributed by atoms with van der Waals surface area (Å²) in [5.41, 5.74) is 4.15. The molecule has 0 aliphatic heterocycles. The summed E-state index contributed by atoms with van der Waals surface area (Å²) < 4.78 is 13.9. The van der Waals surface area contributed by atoms with E-state index in [2.05, 4.69) is 18.5 Å². The Morgan fingerprint density at radius 2 is 2.00 bits per heavy atom. The Balaban J connectivity index is 2.20. The molecule has 0 saturated heterocycles. The van der Waals surface area contributed by atoms with Crippen molar-refractivity contribution in [2.75, 3.05) is 5.32 Å². The molecule has 0 aromatic heterocycles. The van der Waals surface area contributed by atoms with Crippen LogP contribution in [0.25, 0.3) is 11.8 Å². The molecular weight excluding hydrogens is 261 g/mol. The standard InChI is InChI=1S/C19H20FN/c1-4-8-16-11-12-17(13-19(16)20)21-14(3)18-10-7-6-9-15(18)5-2/h5-7,9-13,21H,2-4,8H2,1H3. The van der Waals surface area contributed by atoms with Gasteiger partial charge in [-0.2, -0.15) is 0 Å². The van der Waals surface area contributed by atoms with Gasteiger partial charge in [0, 0.05) is 16.9 Å². The van der Waals surface area contributed by atoms with E-state index in [9.17, 15) is 4.39 Å². The molecule has 0 spiro atoms. The highest BCUT2D eigenvalue weighted by Gasteiger charge is 2.06. The number of hydrogen-bond acceptors (Lipinski definition) is 1. The lowest BCUT2D eigenvalue weighted by Crippen LogP contribution is -2.00. The van der Waals surface area contributed by atoms with Crippen LogP contribution in [0.15, 0.2) is 55.6 Å². The molecule has 0 aliphatic carbocycles. The molecule has 1 N–H and O–H groups in total. The smallest absolute Gasteiger partial charge is 0.128 e. The van der Waals surface area contributed by atoms with E-state index in [0.717, 1.165) is 35.2 Å². The Morgan fingerprint density at radius 1 is 1.24 bits per heavy atom. The van der Waals surface area contributed by atoms with E-state index < -0.39 is 0 Å². The quantitative estimate of drug-likeness (QED) is 0.736. The minimum atomic E-state index is -0.174. The van der Waals surface area contributed by atoms with E-state index in [4.69, 9.17) is 0 Å². The Bertz CT molecular complexity index is 658. The van der Waals surface area contributed by atoms with Gasteiger partial charge in [-0.25, -0.2) is 4.39 Å². The number of halogens is 1. The van der Waals surface area contributed by atoms with E-state index >= 15 is 0 Å². The molecule has 0 atom stereocenters. The third kappa shape index (κ3) is 3.60. The summed E-state index contributed by atoms with van der Waals surface area (Å²) in [6, 6.07) is 13.1. The van der Waals surface area contributed by atoms with Gasteiger partial charge in [0.2, 0.25) is 0 Å². The molecule has 2 aromatic carbocycles. The Labute approximate surface area is 125 Å². The Hall–Kier alpha value is -2.35. The predicted molar refractivity (Wildman–Crippen MR) is 89.6 cm³/mol. The fourth-order valence-electron chi connectivity index (χ4n) is 2.29. The molecule has 0 radical (unpaired) electrons. The molecule has 0 heterocycles. The number of hydrogen-bond donors (Lipinski definition) is 1. The summed E-state index contributed by atoms with van der Waals surface area (Å²) in [6.45, 7) is 9.88. The molecule has 108 valence electrons. The summed E-state index contributed by atoms with van der Waals surface area (Å²) in [4.78, 5) is 0. The maximum Gasteiger partial charge on any atom is 0.128 e. The predicted octanol–water partition coefficient (Wildman–Crippen LogP) is 5.50. The number of rotatable bonds is 6. The Morgan fingerprint density at radius 3 is 2.67 bits per heavy atom. The average molecular weight is 281 g/mol. The minimum Gasteiger partial charge on any atom is -0.355 e. The molecule has 0 bridgehead atoms. The zero-order chi connectivity index (χ0) is 15.2. The van der Waals surface area contributed by atoms with Gasteiger partial charge in [-0.15, -0.1) is 0 Å². The average Bonchev–Trinajstić information content (AvgIpc) is 2.50. The number of anilines is 1. The molecule has 21 heavy (non-hydrogen) atoms. The van der Waals surface area contributed by atoms with Crippen molar-refractivity contribution in [1.29, 1.82) is 0 Å². The first-order valence-electron chi connectivity index (χ1n) is 7.12. The van der Waals surface area contributed by atoms with Gasteiger partial charge in [0.25, 0.3) is 0 Å². The van der Waals surface area contributed by atoms with Gasteiger partial charge in [-0.1, -0.05) is 62.9 Å². The molecule has 2 aromatic rings. The molecular formula is C19H20FN. The molecule has 0 amide bonds. The second-order valence-corrected chi connectivity index (χ2v) is 4.95. The molecule has 0 fully saturated rings. The molecule has 2 heteroatoms. The number of benzene rings is 2. The van der Waals surface area contributed by atoms with Crippen LogP contribution >= 0.6 is 0 Å². The fraction of sp³-hybridized carbons (Fsp3) is 0.158. The van der Waals surface area contributed by atoms with Crippen molar-refractivity contribution in [2.24, 2.45) is 0 Å². The SMILES string of the molecule is C=Cc1ccccc1C(=C)Nc1ccc(CCC)c(F)c1. The zero-order valence-corrected chi connectivity index (χ0v) is 12.3. The van der Waals surface area contributed by atoms with Crippen molar-refractivity contribution in [3.05, 3.63) is 78.1 Å². The first-order valence-corrected chi connectivity index (χ1v) is 7.12. The zero-order valence-electron chi connectivity index (χ0n) is 12.3. The highest BCUT2D eigenvalue weighted by atomic mass is 19.1. The summed E-state index contributed by atoms with van der Waals surface area (Å²) in [5.74, 6) is -0.174. The van der Waals surface area contributed by atoms with Crippen LogP contribution in [0.2, 0.25) is 0 Å². The minimum absolute atomic E-state index is 0.174. The molecule has 0 aliphatic rings. The summed E-state index contributed by atoms with van der Waals surface area (Å²) in [7, 11) is 0. The summed E-state index contributed by atoms with van der Waals surface area (Å²) >= 11 is 0. The maximum atomic E-state index is 13.9. The topological polar surface area (TPSA) is 12.0 Å². The van der Waals surface area contributed by atoms with E-state index in [-0.39, 0.29) is 5.82 Å². The largest absolute Gasteiger partial charge is 0.355 e. The van der Waals surface area contributed by atoms with Crippen LogP contribution in [0.5, 0.6) is 0 Å². The molecule has 0 unspecified atom stereocenters. The number of aryl methyl sites for hydroxylation is 1. The van der Waals surface area contributed by atoms with Crippen LogP contribution in [0.1, 0.15) is 30.0 Å². The maximum absolute atomic E-state index is 13.9. The van der Waals surface area contributed by atoms with Crippen molar-refractivity contribution in [2.45, 2.75) is 19.8 Å². The van der Waals surface area contributed by atoms with Gasteiger partial charge in [0.1, 0.15) is 5.82 Å². The first-order chi connectivity index (χ1) is 10.2. The highest BCUT2D eigenvalue weighted by molar-refractivity contribution is 5.80. The normalized spacial score (nSPS) is 10.2. The van der Waals surface area contributed by atoms with Gasteiger partial charge in [-0.05, 0) is 29.7 Å². The second kappa shape index (κ2) is 6.89. The van der Waals surface area contributed by atoms with Crippen molar-refractivity contribution in [3.8, 4) is 0 Å². The van der Waals surface area contributed by atoms with Crippen LogP contribution in [0.4, 0.5) is 10.1 Å². The van der Waals surface area contributed by atoms with Crippen molar-refractivity contribution < 1.29 is 4.39 Å². The van der Waals surface area contributed by atoms with E-state index in [1.807, 2.05) is 43.3 Å². The molecule has 1 nitrogen and oxygen atoms in total. The van der Waals surface area contributed by atoms with Crippen LogP contribution < -0.4 is 5.32 Å². The second-order valence-electron chi connectivity index (χ2n) is 4.95. The number of nitrogens with one attached hydrogen (secondary N) is 1. The summed E-state index contributed by atoms with van der Waals surface area (Å²) in [5, 5.41) is 3.16. The third-order valence-electron chi connectivity index (χ3n) is 3.37. The highest BCUT2D eigenvalue weighted by Crippen LogP contribution is 2.23. The van der Waals surface area contributed by atoms with Gasteiger partial charge < -0.3 is 5.32 Å². The van der Waals surface area contributed by atoms with E-state index in [1.54, 1.807) is 6.08 Å². The van der Waals surface area contributed by atoms with Crippen LogP contribution in [-0.4, -0.2) is 0 Å². The third-order valence-corrected chi connectivity index (χ3v) is 3.37. The van der Waals surface area contributed by atoms with Gasteiger partial charge in [0.15, 0.2) is 0 Å². The lowest BCUT2D eigenvalue weighted by molar-refractivity contribution is 0.608. The molecule has 0 saturated carbocycles. The van der Waals surface area contributed by atoms with Gasteiger partial charge in [-0.3, -0.25) is 0 Å². The van der Waals surface area contributed by atoms with E-state index in [0.29, 0.717) is 5.69 Å². The van der Waals surface area contributed by atoms with Crippen molar-refractivity contribution in [1.82, 2.24) is 0 Å². The lowest BCUT2D eigenvalue weighted by atomic mass is 10.0. The fourth-order valence-corrected chi connectivity index (χ4v) is 2.29. The monoisotopic (exact) mass is 281 g/mol. The van der Waals surface area contributed by atoms with Crippen molar-refractivity contribution in [3.63, 3.8) is 0 Å². The van der Waals surface area contributed by atoms with Crippen LogP contribution in [0, 0.1) is 5.82 Å². The van der Waals surface area contributed by atoms with Crippen LogP contribution in [-0.2, 0) is 6.42 Å². The Kier molecular flexibility index (Phi) is 4.94. The molecule has 2 rings (SSSR count).